The second-order valence-corrected chi connectivity index (χ2v) is 8.21. The van der Waals surface area contributed by atoms with E-state index in [-0.39, 0.29) is 17.3 Å². The van der Waals surface area contributed by atoms with Crippen molar-refractivity contribution in [3.63, 3.8) is 0 Å². The van der Waals surface area contributed by atoms with Gasteiger partial charge in [0, 0.05) is 18.0 Å². The maximum atomic E-state index is 13.3. The minimum Gasteiger partial charge on any atom is -0.507 e. The molecule has 2 aromatic carbocycles. The summed E-state index contributed by atoms with van der Waals surface area (Å²) in [5.41, 5.74) is 4.21. The van der Waals surface area contributed by atoms with E-state index >= 15 is 0 Å². The van der Waals surface area contributed by atoms with E-state index in [1.807, 2.05) is 25.1 Å². The van der Waals surface area contributed by atoms with Gasteiger partial charge in [0.2, 0.25) is 5.95 Å². The number of aryl methyl sites for hydroxylation is 2. The number of ether oxygens (including phenoxy) is 1. The first-order valence-corrected chi connectivity index (χ1v) is 10.7. The molecule has 0 aliphatic carbocycles. The van der Waals surface area contributed by atoms with Gasteiger partial charge in [-0.3, -0.25) is 19.5 Å². The zero-order chi connectivity index (χ0) is 24.0. The molecular weight excluding hydrogens is 432 g/mol. The number of aromatic nitrogens is 3. The Balaban J connectivity index is 1.72. The number of pyridine rings is 1. The number of methoxy groups -OCH3 is 1. The van der Waals surface area contributed by atoms with E-state index < -0.39 is 17.7 Å². The number of rotatable bonds is 4. The van der Waals surface area contributed by atoms with Crippen molar-refractivity contribution in [2.24, 2.45) is 0 Å². The molecule has 34 heavy (non-hydrogen) atoms. The number of carbonyl (C=O) groups is 2. The van der Waals surface area contributed by atoms with Gasteiger partial charge in [-0.25, -0.2) is 4.98 Å². The molecule has 170 valence electrons. The molecule has 1 fully saturated rings. The highest BCUT2D eigenvalue weighted by atomic mass is 16.5. The van der Waals surface area contributed by atoms with Crippen molar-refractivity contribution in [3.05, 3.63) is 88.8 Å². The number of aliphatic hydroxyl groups excluding tert-OH is 1. The van der Waals surface area contributed by atoms with E-state index in [4.69, 9.17) is 4.74 Å². The first-order valence-electron chi connectivity index (χ1n) is 10.7. The summed E-state index contributed by atoms with van der Waals surface area (Å²) < 4.78 is 5.25. The lowest BCUT2D eigenvalue weighted by Crippen LogP contribution is -2.30. The number of aliphatic hydroxyl groups is 1. The van der Waals surface area contributed by atoms with Crippen molar-refractivity contribution < 1.29 is 19.4 Å². The number of carbonyl (C=O) groups excluding carboxylic acids is 2. The fourth-order valence-corrected chi connectivity index (χ4v) is 4.31. The summed E-state index contributed by atoms with van der Waals surface area (Å²) >= 11 is 0. The number of ketones is 1. The number of nitrogens with zero attached hydrogens (tertiary/aromatic N) is 3. The maximum Gasteiger partial charge on any atom is 0.302 e. The number of aromatic amines is 1. The van der Waals surface area contributed by atoms with Crippen LogP contribution in [0.2, 0.25) is 0 Å². The minimum absolute atomic E-state index is 0.0129. The van der Waals surface area contributed by atoms with Crippen molar-refractivity contribution in [3.8, 4) is 5.75 Å². The molecule has 1 aliphatic heterocycles. The Morgan fingerprint density at radius 1 is 1.06 bits per heavy atom. The van der Waals surface area contributed by atoms with Crippen molar-refractivity contribution >= 4 is 34.4 Å². The van der Waals surface area contributed by atoms with Crippen molar-refractivity contribution in [2.45, 2.75) is 19.9 Å². The Bertz CT molecular complexity index is 1470. The van der Waals surface area contributed by atoms with Crippen LogP contribution in [0.25, 0.3) is 16.8 Å². The van der Waals surface area contributed by atoms with Crippen molar-refractivity contribution in [2.75, 3.05) is 12.0 Å². The highest BCUT2D eigenvalue weighted by Gasteiger charge is 2.48. The Morgan fingerprint density at radius 3 is 2.53 bits per heavy atom. The van der Waals surface area contributed by atoms with Crippen LogP contribution in [0.5, 0.6) is 5.75 Å². The molecule has 2 aromatic heterocycles. The first-order chi connectivity index (χ1) is 16.4. The predicted octanol–water partition coefficient (Wildman–Crippen LogP) is 4.21. The highest BCUT2D eigenvalue weighted by molar-refractivity contribution is 6.51. The summed E-state index contributed by atoms with van der Waals surface area (Å²) in [4.78, 5) is 39.7. The molecule has 4 aromatic rings. The predicted molar refractivity (Wildman–Crippen MR) is 128 cm³/mol. The molecular formula is C26H22N4O4. The van der Waals surface area contributed by atoms with E-state index in [0.717, 1.165) is 11.1 Å². The van der Waals surface area contributed by atoms with Gasteiger partial charge in [0.15, 0.2) is 0 Å². The zero-order valence-corrected chi connectivity index (χ0v) is 18.9. The number of H-pyrrole nitrogens is 1. The van der Waals surface area contributed by atoms with Gasteiger partial charge in [-0.1, -0.05) is 6.07 Å². The lowest BCUT2D eigenvalue weighted by atomic mass is 9.94. The monoisotopic (exact) mass is 454 g/mol. The molecule has 1 aliphatic rings. The van der Waals surface area contributed by atoms with Gasteiger partial charge in [-0.05, 0) is 73.0 Å². The lowest BCUT2D eigenvalue weighted by molar-refractivity contribution is -0.132. The van der Waals surface area contributed by atoms with Crippen LogP contribution < -0.4 is 9.64 Å². The van der Waals surface area contributed by atoms with Crippen molar-refractivity contribution in [1.82, 2.24) is 15.0 Å². The molecule has 0 bridgehead atoms. The van der Waals surface area contributed by atoms with Gasteiger partial charge < -0.3 is 14.8 Å². The largest absolute Gasteiger partial charge is 0.507 e. The zero-order valence-electron chi connectivity index (χ0n) is 18.9. The Labute approximate surface area is 195 Å². The molecule has 1 saturated heterocycles. The van der Waals surface area contributed by atoms with Gasteiger partial charge in [0.05, 0.1) is 29.8 Å². The van der Waals surface area contributed by atoms with E-state index in [2.05, 4.69) is 15.0 Å². The average Bonchev–Trinajstić information content (AvgIpc) is 3.36. The van der Waals surface area contributed by atoms with Crippen LogP contribution in [0.1, 0.15) is 28.3 Å². The number of hydrogen-bond donors (Lipinski definition) is 2. The highest BCUT2D eigenvalue weighted by Crippen LogP contribution is 2.42. The molecule has 0 radical (unpaired) electrons. The Morgan fingerprint density at radius 2 is 1.82 bits per heavy atom. The Kier molecular flexibility index (Phi) is 5.13. The summed E-state index contributed by atoms with van der Waals surface area (Å²) in [7, 11) is 1.55. The molecule has 8 nitrogen and oxygen atoms in total. The number of anilines is 1. The molecule has 5 rings (SSSR count). The molecule has 2 N–H and O–H groups in total. The van der Waals surface area contributed by atoms with Gasteiger partial charge in [0.25, 0.3) is 5.78 Å². The summed E-state index contributed by atoms with van der Waals surface area (Å²) in [6.07, 6.45) is 3.16. The van der Waals surface area contributed by atoms with E-state index in [1.165, 1.54) is 4.90 Å². The van der Waals surface area contributed by atoms with E-state index in [0.29, 0.717) is 28.0 Å². The lowest BCUT2D eigenvalue weighted by Gasteiger charge is -2.23. The first kappa shape index (κ1) is 21.4. The number of benzene rings is 2. The third-order valence-electron chi connectivity index (χ3n) is 6.01. The van der Waals surface area contributed by atoms with Crippen LogP contribution in [-0.4, -0.2) is 38.9 Å². The average molecular weight is 454 g/mol. The quantitative estimate of drug-likeness (QED) is 0.272. The number of Topliss-reactive ketones (excluding diaryl/α,β-unsaturated/α-hetero) is 1. The number of fused-ring (bicyclic) bond motifs is 1. The molecule has 1 atom stereocenters. The SMILES string of the molecule is COc1ccc(/C(O)=C2\C(=O)C(=O)N(c3nc4ccc(C)cc4[nH]3)C2c2ccncc2)c(C)c1. The van der Waals surface area contributed by atoms with Crippen molar-refractivity contribution in [1.29, 1.82) is 0 Å². The number of hydrogen-bond acceptors (Lipinski definition) is 6. The van der Waals surface area contributed by atoms with Gasteiger partial charge >= 0.3 is 5.91 Å². The van der Waals surface area contributed by atoms with Crippen LogP contribution in [-0.2, 0) is 9.59 Å². The van der Waals surface area contributed by atoms with Crippen LogP contribution in [0.4, 0.5) is 5.95 Å². The Hall–Kier alpha value is -4.46. The summed E-state index contributed by atoms with van der Waals surface area (Å²) in [6.45, 7) is 3.76. The summed E-state index contributed by atoms with van der Waals surface area (Å²) in [5, 5.41) is 11.3. The number of nitrogens with one attached hydrogen (secondary N) is 1. The third kappa shape index (κ3) is 3.40. The van der Waals surface area contributed by atoms with Crippen LogP contribution in [0.15, 0.2) is 66.5 Å². The molecule has 8 heteroatoms. The topological polar surface area (TPSA) is 108 Å². The van der Waals surface area contributed by atoms with Crippen LogP contribution >= 0.6 is 0 Å². The second kappa shape index (κ2) is 8.15. The maximum absolute atomic E-state index is 13.3. The normalized spacial score (nSPS) is 17.5. The molecule has 0 spiro atoms. The molecule has 3 heterocycles. The van der Waals surface area contributed by atoms with E-state index in [1.54, 1.807) is 56.8 Å². The number of amides is 1. The fourth-order valence-electron chi connectivity index (χ4n) is 4.31. The standard InChI is InChI=1S/C26H22N4O4/c1-14-4-7-19-20(12-14)29-26(28-19)30-22(16-8-10-27-11-9-16)21(24(32)25(30)33)23(31)18-6-5-17(34-3)13-15(18)2/h4-13,22,31H,1-3H3,(H,28,29)/b23-21+. The molecule has 1 amide bonds. The molecule has 0 saturated carbocycles. The molecule has 1 unspecified atom stereocenters. The van der Waals surface area contributed by atoms with Crippen LogP contribution in [0, 0.1) is 13.8 Å². The third-order valence-corrected chi connectivity index (χ3v) is 6.01. The fraction of sp³-hybridized carbons (Fsp3) is 0.154. The summed E-state index contributed by atoms with van der Waals surface area (Å²) in [5.74, 6) is -0.959. The minimum atomic E-state index is -0.883. The van der Waals surface area contributed by atoms with E-state index in [9.17, 15) is 14.7 Å². The van der Waals surface area contributed by atoms with Gasteiger partial charge in [0.1, 0.15) is 11.5 Å². The second-order valence-electron chi connectivity index (χ2n) is 8.21. The van der Waals surface area contributed by atoms with Gasteiger partial charge in [-0.2, -0.15) is 0 Å². The summed E-state index contributed by atoms with van der Waals surface area (Å²) in [6, 6.07) is 13.4. The number of imidazole rings is 1. The van der Waals surface area contributed by atoms with Crippen LogP contribution in [0.3, 0.4) is 0 Å². The smallest absolute Gasteiger partial charge is 0.302 e. The van der Waals surface area contributed by atoms with Gasteiger partial charge in [-0.15, -0.1) is 0 Å².